The third kappa shape index (κ3) is 4.34. The Balaban J connectivity index is 1.67. The van der Waals surface area contributed by atoms with Crippen LogP contribution in [0.3, 0.4) is 0 Å². The number of amides is 1. The van der Waals surface area contributed by atoms with Gasteiger partial charge in [-0.25, -0.2) is 4.98 Å². The molecule has 2 fully saturated rings. The molecule has 0 radical (unpaired) electrons. The van der Waals surface area contributed by atoms with E-state index in [1.807, 2.05) is 12.1 Å². The molecule has 7 heteroatoms. The van der Waals surface area contributed by atoms with E-state index in [0.717, 1.165) is 51.6 Å². The molecule has 26 heavy (non-hydrogen) atoms. The number of morpholine rings is 2. The summed E-state index contributed by atoms with van der Waals surface area (Å²) in [5.41, 5.74) is 0.565. The average Bonchev–Trinajstić information content (AvgIpc) is 2.73. The molecule has 7 nitrogen and oxygen atoms in total. The lowest BCUT2D eigenvalue weighted by Crippen LogP contribution is -2.56. The van der Waals surface area contributed by atoms with Crippen LogP contribution in [0.4, 0.5) is 5.82 Å². The van der Waals surface area contributed by atoms with E-state index in [1.54, 1.807) is 6.20 Å². The molecule has 1 amide bonds. The fourth-order valence-corrected chi connectivity index (χ4v) is 3.53. The molecule has 1 aromatic rings. The monoisotopic (exact) mass is 362 g/mol. The van der Waals surface area contributed by atoms with E-state index in [9.17, 15) is 4.79 Å². The minimum atomic E-state index is -0.0687. The van der Waals surface area contributed by atoms with Crippen LogP contribution in [-0.2, 0) is 9.47 Å². The Bertz CT molecular complexity index is 600. The van der Waals surface area contributed by atoms with E-state index in [2.05, 4.69) is 33.9 Å². The number of rotatable bonds is 6. The molecule has 2 aliphatic rings. The number of pyridine rings is 1. The molecular formula is C19H30N4O3. The first-order valence-corrected chi connectivity index (χ1v) is 9.53. The number of nitrogens with zero attached hydrogens (tertiary/aromatic N) is 3. The number of anilines is 1. The summed E-state index contributed by atoms with van der Waals surface area (Å²) in [4.78, 5) is 21.9. The molecule has 0 spiro atoms. The number of carbonyl (C=O) groups excluding carboxylic acids is 1. The summed E-state index contributed by atoms with van der Waals surface area (Å²) < 4.78 is 10.9. The molecule has 0 aromatic carbocycles. The molecule has 2 aliphatic heterocycles. The van der Waals surface area contributed by atoms with Crippen LogP contribution in [-0.4, -0.2) is 80.5 Å². The van der Waals surface area contributed by atoms with Crippen molar-refractivity contribution < 1.29 is 14.3 Å². The molecule has 1 unspecified atom stereocenters. The van der Waals surface area contributed by atoms with Crippen LogP contribution in [0, 0.1) is 0 Å². The molecule has 2 saturated heterocycles. The third-order valence-electron chi connectivity index (χ3n) is 5.51. The predicted octanol–water partition coefficient (Wildman–Crippen LogP) is 1.15. The molecule has 1 N–H and O–H groups in total. The standard InChI is InChI=1S/C19H30N4O3/c1-3-19(2,23-9-13-26-14-10-23)15-21-18(24)16-5-4-6-20-17(16)22-7-11-25-12-8-22/h4-6H,3,7-15H2,1-2H3,(H,21,24). The zero-order valence-electron chi connectivity index (χ0n) is 15.9. The van der Waals surface area contributed by atoms with Gasteiger partial charge in [0.2, 0.25) is 0 Å². The second kappa shape index (κ2) is 8.79. The molecule has 1 aromatic heterocycles. The number of aromatic nitrogens is 1. The van der Waals surface area contributed by atoms with E-state index in [4.69, 9.17) is 9.47 Å². The van der Waals surface area contributed by atoms with Gasteiger partial charge in [0, 0.05) is 44.5 Å². The van der Waals surface area contributed by atoms with Crippen molar-refractivity contribution in [2.75, 3.05) is 64.1 Å². The van der Waals surface area contributed by atoms with Crippen molar-refractivity contribution in [2.24, 2.45) is 0 Å². The van der Waals surface area contributed by atoms with Crippen molar-refractivity contribution >= 4 is 11.7 Å². The van der Waals surface area contributed by atoms with E-state index < -0.39 is 0 Å². The minimum absolute atomic E-state index is 0.0625. The van der Waals surface area contributed by atoms with Gasteiger partial charge < -0.3 is 19.7 Å². The van der Waals surface area contributed by atoms with Crippen LogP contribution in [0.15, 0.2) is 18.3 Å². The zero-order valence-corrected chi connectivity index (χ0v) is 15.9. The van der Waals surface area contributed by atoms with E-state index >= 15 is 0 Å². The van der Waals surface area contributed by atoms with Crippen LogP contribution in [0.5, 0.6) is 0 Å². The van der Waals surface area contributed by atoms with Gasteiger partial charge in [-0.15, -0.1) is 0 Å². The smallest absolute Gasteiger partial charge is 0.255 e. The van der Waals surface area contributed by atoms with Crippen molar-refractivity contribution in [3.8, 4) is 0 Å². The summed E-state index contributed by atoms with van der Waals surface area (Å²) in [6, 6.07) is 3.67. The molecule has 1 atom stereocenters. The van der Waals surface area contributed by atoms with Gasteiger partial charge in [0.15, 0.2) is 0 Å². The van der Waals surface area contributed by atoms with Gasteiger partial charge in [0.05, 0.1) is 32.0 Å². The molecule has 0 saturated carbocycles. The van der Waals surface area contributed by atoms with Crippen molar-refractivity contribution in [2.45, 2.75) is 25.8 Å². The fourth-order valence-electron chi connectivity index (χ4n) is 3.53. The van der Waals surface area contributed by atoms with Crippen LogP contribution in [0.1, 0.15) is 30.6 Å². The van der Waals surface area contributed by atoms with Gasteiger partial charge in [-0.2, -0.15) is 0 Å². The van der Waals surface area contributed by atoms with E-state index in [-0.39, 0.29) is 11.4 Å². The van der Waals surface area contributed by atoms with E-state index in [1.165, 1.54) is 0 Å². The SMILES string of the molecule is CCC(C)(CNC(=O)c1cccnc1N1CCOCC1)N1CCOCC1. The molecule has 0 bridgehead atoms. The Hall–Kier alpha value is -1.70. The van der Waals surface area contributed by atoms with Crippen molar-refractivity contribution in [1.29, 1.82) is 0 Å². The largest absolute Gasteiger partial charge is 0.379 e. The Labute approximate surface area is 155 Å². The highest BCUT2D eigenvalue weighted by Crippen LogP contribution is 2.22. The summed E-state index contributed by atoms with van der Waals surface area (Å²) in [5, 5.41) is 3.15. The van der Waals surface area contributed by atoms with Crippen LogP contribution < -0.4 is 10.2 Å². The number of ether oxygens (including phenoxy) is 2. The summed E-state index contributed by atoms with van der Waals surface area (Å²) in [6.45, 7) is 11.2. The summed E-state index contributed by atoms with van der Waals surface area (Å²) in [7, 11) is 0. The first kappa shape index (κ1) is 19.1. The number of carbonyl (C=O) groups is 1. The Morgan fingerprint density at radius 3 is 2.50 bits per heavy atom. The lowest BCUT2D eigenvalue weighted by Gasteiger charge is -2.43. The molecule has 3 rings (SSSR count). The number of hydrogen-bond acceptors (Lipinski definition) is 6. The van der Waals surface area contributed by atoms with Gasteiger partial charge in [0.1, 0.15) is 5.82 Å². The second-order valence-corrected chi connectivity index (χ2v) is 7.11. The minimum Gasteiger partial charge on any atom is -0.379 e. The number of hydrogen-bond donors (Lipinski definition) is 1. The summed E-state index contributed by atoms with van der Waals surface area (Å²) in [5.74, 6) is 0.686. The van der Waals surface area contributed by atoms with Gasteiger partial charge in [-0.3, -0.25) is 9.69 Å². The van der Waals surface area contributed by atoms with Gasteiger partial charge in [-0.1, -0.05) is 6.92 Å². The van der Waals surface area contributed by atoms with Crippen LogP contribution >= 0.6 is 0 Å². The maximum Gasteiger partial charge on any atom is 0.255 e. The molecule has 0 aliphatic carbocycles. The maximum absolute atomic E-state index is 12.9. The molecule has 144 valence electrons. The number of nitrogens with one attached hydrogen (secondary N) is 1. The van der Waals surface area contributed by atoms with Crippen molar-refractivity contribution in [3.63, 3.8) is 0 Å². The van der Waals surface area contributed by atoms with Crippen LogP contribution in [0.25, 0.3) is 0 Å². The van der Waals surface area contributed by atoms with Gasteiger partial charge in [-0.05, 0) is 25.5 Å². The Morgan fingerprint density at radius 2 is 1.85 bits per heavy atom. The quantitative estimate of drug-likeness (QED) is 0.819. The predicted molar refractivity (Wildman–Crippen MR) is 101 cm³/mol. The maximum atomic E-state index is 12.9. The fraction of sp³-hybridized carbons (Fsp3) is 0.684. The Morgan fingerprint density at radius 1 is 1.19 bits per heavy atom. The highest BCUT2D eigenvalue weighted by Gasteiger charge is 2.32. The highest BCUT2D eigenvalue weighted by molar-refractivity contribution is 5.98. The average molecular weight is 362 g/mol. The van der Waals surface area contributed by atoms with Gasteiger partial charge >= 0.3 is 0 Å². The second-order valence-electron chi connectivity index (χ2n) is 7.11. The summed E-state index contributed by atoms with van der Waals surface area (Å²) in [6.07, 6.45) is 2.71. The summed E-state index contributed by atoms with van der Waals surface area (Å²) >= 11 is 0. The van der Waals surface area contributed by atoms with Crippen molar-refractivity contribution in [1.82, 2.24) is 15.2 Å². The van der Waals surface area contributed by atoms with Crippen LogP contribution in [0.2, 0.25) is 0 Å². The molecule has 3 heterocycles. The highest BCUT2D eigenvalue weighted by atomic mass is 16.5. The topological polar surface area (TPSA) is 66.9 Å². The molecular weight excluding hydrogens is 332 g/mol. The lowest BCUT2D eigenvalue weighted by atomic mass is 9.95. The normalized spacial score (nSPS) is 21.2. The first-order valence-electron chi connectivity index (χ1n) is 9.53. The lowest BCUT2D eigenvalue weighted by molar-refractivity contribution is -0.0169. The van der Waals surface area contributed by atoms with E-state index in [0.29, 0.717) is 25.3 Å². The zero-order chi connectivity index (χ0) is 18.4. The first-order chi connectivity index (χ1) is 12.6. The van der Waals surface area contributed by atoms with Crippen molar-refractivity contribution in [3.05, 3.63) is 23.9 Å². The third-order valence-corrected chi connectivity index (χ3v) is 5.51. The Kier molecular flexibility index (Phi) is 6.45. The van der Waals surface area contributed by atoms with Gasteiger partial charge in [0.25, 0.3) is 5.91 Å².